The van der Waals surface area contributed by atoms with Crippen molar-refractivity contribution in [2.45, 2.75) is 25.1 Å². The molecule has 0 radical (unpaired) electrons. The van der Waals surface area contributed by atoms with E-state index in [1.165, 1.54) is 6.07 Å². The number of hydrogen-bond donors (Lipinski definition) is 0. The Bertz CT molecular complexity index is 485. The molecule has 0 spiro atoms. The number of likely N-dealkylation sites (tertiary alicyclic amines) is 1. The van der Waals surface area contributed by atoms with Crippen LogP contribution in [0.15, 0.2) is 24.3 Å². The Kier molecular flexibility index (Phi) is 5.41. The summed E-state index contributed by atoms with van der Waals surface area (Å²) in [6.07, 6.45) is 1.32. The Labute approximate surface area is 131 Å². The highest BCUT2D eigenvalue weighted by atomic mass is 19.1. The number of morpholine rings is 1. The van der Waals surface area contributed by atoms with Crippen molar-refractivity contribution in [2.75, 3.05) is 46.5 Å². The third-order valence-electron chi connectivity index (χ3n) is 4.72. The van der Waals surface area contributed by atoms with E-state index in [-0.39, 0.29) is 5.82 Å². The molecule has 0 unspecified atom stereocenters. The number of piperidine rings is 1. The van der Waals surface area contributed by atoms with Gasteiger partial charge in [-0.05, 0) is 12.5 Å². The van der Waals surface area contributed by atoms with Gasteiger partial charge in [0.05, 0.1) is 19.3 Å². The molecule has 22 heavy (non-hydrogen) atoms. The molecule has 2 saturated heterocycles. The van der Waals surface area contributed by atoms with Crippen LogP contribution in [0.1, 0.15) is 12.0 Å². The lowest BCUT2D eigenvalue weighted by Crippen LogP contribution is -2.60. The molecule has 3 rings (SSSR count). The number of fused-ring (bicyclic) bond motifs is 1. The number of hydrogen-bond acceptors (Lipinski definition) is 4. The van der Waals surface area contributed by atoms with E-state index in [9.17, 15) is 4.39 Å². The normalized spacial score (nSPS) is 26.8. The molecular formula is C17H25FN2O2. The van der Waals surface area contributed by atoms with E-state index in [2.05, 4.69) is 9.80 Å². The van der Waals surface area contributed by atoms with E-state index < -0.39 is 0 Å². The first-order chi connectivity index (χ1) is 10.8. The largest absolute Gasteiger partial charge is 0.383 e. The minimum absolute atomic E-state index is 0.110. The fourth-order valence-corrected chi connectivity index (χ4v) is 3.51. The number of halogens is 1. The Morgan fingerprint density at radius 3 is 3.00 bits per heavy atom. The predicted molar refractivity (Wildman–Crippen MR) is 83.3 cm³/mol. The molecule has 2 fully saturated rings. The van der Waals surface area contributed by atoms with Crippen LogP contribution in [0.4, 0.5) is 4.39 Å². The van der Waals surface area contributed by atoms with Crippen LogP contribution in [0, 0.1) is 5.82 Å². The molecule has 0 aliphatic carbocycles. The zero-order valence-electron chi connectivity index (χ0n) is 13.2. The van der Waals surface area contributed by atoms with E-state index in [0.717, 1.165) is 51.4 Å². The van der Waals surface area contributed by atoms with Gasteiger partial charge in [0.2, 0.25) is 0 Å². The highest BCUT2D eigenvalue weighted by Crippen LogP contribution is 2.24. The summed E-state index contributed by atoms with van der Waals surface area (Å²) in [4.78, 5) is 4.80. The molecule has 5 heteroatoms. The number of methoxy groups -OCH3 is 1. The zero-order chi connectivity index (χ0) is 15.4. The van der Waals surface area contributed by atoms with Gasteiger partial charge in [0, 0.05) is 51.4 Å². The van der Waals surface area contributed by atoms with Crippen LogP contribution in [0.5, 0.6) is 0 Å². The highest BCUT2D eigenvalue weighted by molar-refractivity contribution is 5.17. The van der Waals surface area contributed by atoms with E-state index in [4.69, 9.17) is 9.47 Å². The molecule has 0 aromatic heterocycles. The molecule has 1 aromatic rings. The van der Waals surface area contributed by atoms with E-state index in [1.54, 1.807) is 13.2 Å². The van der Waals surface area contributed by atoms with Crippen molar-refractivity contribution in [3.05, 3.63) is 35.6 Å². The third-order valence-corrected chi connectivity index (χ3v) is 4.72. The smallest absolute Gasteiger partial charge is 0.127 e. The first kappa shape index (κ1) is 15.9. The lowest BCUT2D eigenvalue weighted by molar-refractivity contribution is -0.107. The summed E-state index contributed by atoms with van der Waals surface area (Å²) in [5, 5.41) is 0. The highest BCUT2D eigenvalue weighted by Gasteiger charge is 2.36. The average molecular weight is 308 g/mol. The molecule has 0 N–H and O–H groups in total. The maximum atomic E-state index is 13.8. The molecule has 2 aliphatic rings. The molecule has 2 atom stereocenters. The van der Waals surface area contributed by atoms with Crippen molar-refractivity contribution in [1.82, 2.24) is 9.80 Å². The summed E-state index contributed by atoms with van der Waals surface area (Å²) in [7, 11) is 1.74. The summed E-state index contributed by atoms with van der Waals surface area (Å²) >= 11 is 0. The zero-order valence-corrected chi connectivity index (χ0v) is 13.2. The molecular weight excluding hydrogens is 283 g/mol. The van der Waals surface area contributed by atoms with Gasteiger partial charge in [0.15, 0.2) is 0 Å². The van der Waals surface area contributed by atoms with E-state index >= 15 is 0 Å². The van der Waals surface area contributed by atoms with Gasteiger partial charge >= 0.3 is 0 Å². The van der Waals surface area contributed by atoms with Crippen LogP contribution < -0.4 is 0 Å². The van der Waals surface area contributed by atoms with Crippen LogP contribution in [-0.4, -0.2) is 68.4 Å². The second-order valence-electron chi connectivity index (χ2n) is 6.12. The Balaban J connectivity index is 1.63. The lowest BCUT2D eigenvalue weighted by Gasteiger charge is -2.47. The van der Waals surface area contributed by atoms with E-state index in [0.29, 0.717) is 18.7 Å². The number of ether oxygens (including phenoxy) is 2. The van der Waals surface area contributed by atoms with Crippen LogP contribution in [0.3, 0.4) is 0 Å². The predicted octanol–water partition coefficient (Wildman–Crippen LogP) is 1.75. The summed E-state index contributed by atoms with van der Waals surface area (Å²) in [5.41, 5.74) is 0.779. The van der Waals surface area contributed by atoms with Crippen LogP contribution in [0.25, 0.3) is 0 Å². The van der Waals surface area contributed by atoms with Crippen LogP contribution >= 0.6 is 0 Å². The topological polar surface area (TPSA) is 24.9 Å². The van der Waals surface area contributed by atoms with Gasteiger partial charge in [-0.1, -0.05) is 18.2 Å². The van der Waals surface area contributed by atoms with Gasteiger partial charge in [-0.2, -0.15) is 0 Å². The Morgan fingerprint density at radius 1 is 1.32 bits per heavy atom. The maximum Gasteiger partial charge on any atom is 0.127 e. The summed E-state index contributed by atoms with van der Waals surface area (Å²) < 4.78 is 25.0. The second-order valence-corrected chi connectivity index (χ2v) is 6.12. The molecule has 0 saturated carbocycles. The van der Waals surface area contributed by atoms with E-state index in [1.807, 2.05) is 12.1 Å². The van der Waals surface area contributed by atoms with Crippen molar-refractivity contribution in [3.63, 3.8) is 0 Å². The van der Waals surface area contributed by atoms with Gasteiger partial charge < -0.3 is 9.47 Å². The molecule has 2 heterocycles. The molecule has 2 aliphatic heterocycles. The van der Waals surface area contributed by atoms with Crippen molar-refractivity contribution < 1.29 is 13.9 Å². The average Bonchev–Trinajstić information content (AvgIpc) is 2.55. The van der Waals surface area contributed by atoms with Gasteiger partial charge in [0.1, 0.15) is 5.82 Å². The number of benzene rings is 1. The quantitative estimate of drug-likeness (QED) is 0.827. The monoisotopic (exact) mass is 308 g/mol. The van der Waals surface area contributed by atoms with Crippen molar-refractivity contribution in [3.8, 4) is 0 Å². The lowest BCUT2D eigenvalue weighted by atomic mass is 9.98. The fourth-order valence-electron chi connectivity index (χ4n) is 3.51. The van der Waals surface area contributed by atoms with Gasteiger partial charge in [-0.25, -0.2) is 4.39 Å². The van der Waals surface area contributed by atoms with Crippen LogP contribution in [0.2, 0.25) is 0 Å². The molecule has 1 aromatic carbocycles. The second kappa shape index (κ2) is 7.51. The summed E-state index contributed by atoms with van der Waals surface area (Å²) in [6.45, 7) is 6.02. The van der Waals surface area contributed by atoms with Crippen LogP contribution in [-0.2, 0) is 16.0 Å². The first-order valence-corrected chi connectivity index (χ1v) is 8.08. The molecule has 4 nitrogen and oxygen atoms in total. The van der Waals surface area contributed by atoms with Gasteiger partial charge in [0.25, 0.3) is 0 Å². The summed E-state index contributed by atoms with van der Waals surface area (Å²) in [5.74, 6) is -0.110. The molecule has 122 valence electrons. The SMILES string of the molecule is COCCN1CCO[C@@H]2CCN(Cc3ccccc3F)C[C@H]21. The minimum atomic E-state index is -0.110. The van der Waals surface area contributed by atoms with Gasteiger partial charge in [-0.15, -0.1) is 0 Å². The summed E-state index contributed by atoms with van der Waals surface area (Å²) in [6, 6.07) is 7.45. The van der Waals surface area contributed by atoms with Crippen molar-refractivity contribution in [2.24, 2.45) is 0 Å². The molecule has 0 bridgehead atoms. The number of rotatable bonds is 5. The van der Waals surface area contributed by atoms with Crippen molar-refractivity contribution >= 4 is 0 Å². The minimum Gasteiger partial charge on any atom is -0.383 e. The third kappa shape index (κ3) is 3.66. The maximum absolute atomic E-state index is 13.8. The Morgan fingerprint density at radius 2 is 2.18 bits per heavy atom. The first-order valence-electron chi connectivity index (χ1n) is 8.08. The standard InChI is InChI=1S/C17H25FN2O2/c1-21-10-8-20-9-11-22-17-6-7-19(13-16(17)20)12-14-4-2-3-5-15(14)18/h2-5,16-17H,6-13H2,1H3/t16-,17-/m1/s1. The van der Waals surface area contributed by atoms with Crippen molar-refractivity contribution in [1.29, 1.82) is 0 Å². The Hall–Kier alpha value is -1.01. The number of nitrogens with zero attached hydrogens (tertiary/aromatic N) is 2. The molecule has 0 amide bonds. The fraction of sp³-hybridized carbons (Fsp3) is 0.647. The van der Waals surface area contributed by atoms with Gasteiger partial charge in [-0.3, -0.25) is 9.80 Å².